The molecule has 3 rings (SSSR count). The smallest absolute Gasteiger partial charge is 0.415 e. The van der Waals surface area contributed by atoms with Gasteiger partial charge in [0, 0.05) is 32.1 Å². The van der Waals surface area contributed by atoms with Crippen LogP contribution in [0.15, 0.2) is 65.8 Å². The van der Waals surface area contributed by atoms with Crippen molar-refractivity contribution in [3.63, 3.8) is 0 Å². The number of pyridine rings is 2. The molecule has 11 heteroatoms. The van der Waals surface area contributed by atoms with Gasteiger partial charge in [0.1, 0.15) is 18.0 Å². The predicted octanol–water partition coefficient (Wildman–Crippen LogP) is 5.47. The molecule has 2 heterocycles. The molecule has 0 bridgehead atoms. The Morgan fingerprint density at radius 1 is 1.02 bits per heavy atom. The van der Waals surface area contributed by atoms with Crippen LogP contribution in [0.3, 0.4) is 0 Å². The number of carbonyl (C=O) groups is 1. The lowest BCUT2D eigenvalue weighted by atomic mass is 10.2. The lowest BCUT2D eigenvalue weighted by molar-refractivity contribution is -0.0982. The lowest BCUT2D eigenvalue weighted by Gasteiger charge is -2.24. The molecule has 1 unspecified atom stereocenters. The molecule has 2 aromatic heterocycles. The fourth-order valence-corrected chi connectivity index (χ4v) is 4.29. The van der Waals surface area contributed by atoms with E-state index in [4.69, 9.17) is 18.4 Å². The van der Waals surface area contributed by atoms with Gasteiger partial charge in [0.05, 0.1) is 4.90 Å². The third-order valence-electron chi connectivity index (χ3n) is 5.25. The van der Waals surface area contributed by atoms with Crippen LogP contribution in [0.25, 0.3) is 12.2 Å². The normalized spacial score (nSPS) is 12.8. The summed E-state index contributed by atoms with van der Waals surface area (Å²) >= 11 is 0. The molecule has 0 aliphatic heterocycles. The Morgan fingerprint density at radius 3 is 2.25 bits per heavy atom. The standard InChI is InChI=1S/C29H35N3O7S/c1-7-36-27(20-37-40(34,35)24-10-8-9-21(2)17-24)38-26-16-14-23(19-31-26)12-11-22-13-15-25(30-18-22)32(6)28(33)39-29(3,4)5/h8-19,27H,7,20H2,1-6H3. The van der Waals surface area contributed by atoms with Crippen LogP contribution in [0.5, 0.6) is 5.88 Å². The van der Waals surface area contributed by atoms with E-state index in [1.807, 2.05) is 18.2 Å². The van der Waals surface area contributed by atoms with Gasteiger partial charge in [-0.05, 0) is 81.6 Å². The molecule has 1 aromatic carbocycles. The van der Waals surface area contributed by atoms with Gasteiger partial charge in [0.15, 0.2) is 0 Å². The van der Waals surface area contributed by atoms with Gasteiger partial charge in [0.2, 0.25) is 12.2 Å². The lowest BCUT2D eigenvalue weighted by Crippen LogP contribution is -2.34. The van der Waals surface area contributed by atoms with Crippen LogP contribution in [-0.2, 0) is 23.8 Å². The van der Waals surface area contributed by atoms with E-state index in [9.17, 15) is 13.2 Å². The second-order valence-electron chi connectivity index (χ2n) is 9.81. The summed E-state index contributed by atoms with van der Waals surface area (Å²) in [5.41, 5.74) is 1.83. The zero-order valence-electron chi connectivity index (χ0n) is 23.5. The van der Waals surface area contributed by atoms with Gasteiger partial charge in [-0.1, -0.05) is 24.3 Å². The average molecular weight is 570 g/mol. The Kier molecular flexibility index (Phi) is 10.4. The average Bonchev–Trinajstić information content (AvgIpc) is 2.90. The van der Waals surface area contributed by atoms with Crippen molar-refractivity contribution < 1.29 is 31.6 Å². The largest absolute Gasteiger partial charge is 0.445 e. The molecule has 0 aliphatic rings. The van der Waals surface area contributed by atoms with Crippen LogP contribution < -0.4 is 9.64 Å². The number of ether oxygens (including phenoxy) is 3. The molecule has 3 aromatic rings. The van der Waals surface area contributed by atoms with E-state index in [1.165, 1.54) is 17.0 Å². The fraction of sp³-hybridized carbons (Fsp3) is 0.345. The van der Waals surface area contributed by atoms with Crippen molar-refractivity contribution in [2.24, 2.45) is 0 Å². The van der Waals surface area contributed by atoms with E-state index in [0.29, 0.717) is 12.4 Å². The van der Waals surface area contributed by atoms with Gasteiger partial charge in [-0.15, -0.1) is 0 Å². The van der Waals surface area contributed by atoms with Crippen LogP contribution >= 0.6 is 0 Å². The van der Waals surface area contributed by atoms with Crippen LogP contribution in [0.1, 0.15) is 44.4 Å². The molecule has 0 N–H and O–H groups in total. The molecule has 0 saturated carbocycles. The Balaban J connectivity index is 1.58. The number of anilines is 1. The molecule has 1 amide bonds. The number of benzene rings is 1. The zero-order chi connectivity index (χ0) is 29.3. The number of hydrogen-bond acceptors (Lipinski definition) is 9. The second kappa shape index (κ2) is 13.5. The number of rotatable bonds is 11. The van der Waals surface area contributed by atoms with Crippen LogP contribution in [0.4, 0.5) is 10.6 Å². The Labute approximate surface area is 235 Å². The van der Waals surface area contributed by atoms with Gasteiger partial charge in [-0.25, -0.2) is 14.8 Å². The van der Waals surface area contributed by atoms with E-state index in [2.05, 4.69) is 9.97 Å². The van der Waals surface area contributed by atoms with Crippen LogP contribution in [0, 0.1) is 6.92 Å². The van der Waals surface area contributed by atoms with Crippen LogP contribution in [-0.4, -0.2) is 56.6 Å². The summed E-state index contributed by atoms with van der Waals surface area (Å²) in [5, 5.41) is 0. The number of nitrogens with zero attached hydrogens (tertiary/aromatic N) is 3. The van der Waals surface area contributed by atoms with E-state index < -0.39 is 28.1 Å². The Bertz CT molecular complexity index is 1400. The fourth-order valence-electron chi connectivity index (χ4n) is 3.29. The molecule has 214 valence electrons. The maximum Gasteiger partial charge on any atom is 0.415 e. The summed E-state index contributed by atoms with van der Waals surface area (Å²) in [6.45, 7) is 8.94. The van der Waals surface area contributed by atoms with E-state index in [1.54, 1.807) is 84.4 Å². The van der Waals surface area contributed by atoms with Gasteiger partial charge in [-0.3, -0.25) is 9.08 Å². The van der Waals surface area contributed by atoms with Crippen molar-refractivity contribution >= 4 is 34.2 Å². The van der Waals surface area contributed by atoms with Crippen molar-refractivity contribution in [3.05, 3.63) is 77.6 Å². The monoisotopic (exact) mass is 569 g/mol. The SMILES string of the molecule is CCOC(COS(=O)(=O)c1cccc(C)c1)Oc1ccc(C=Cc2ccc(N(C)C(=O)OC(C)(C)C)nc2)cn1. The van der Waals surface area contributed by atoms with Gasteiger partial charge < -0.3 is 14.2 Å². The highest BCUT2D eigenvalue weighted by Gasteiger charge is 2.22. The van der Waals surface area contributed by atoms with Crippen molar-refractivity contribution in [1.82, 2.24) is 9.97 Å². The summed E-state index contributed by atoms with van der Waals surface area (Å²) in [6.07, 6.45) is 5.51. The molecular formula is C29H35N3O7S. The summed E-state index contributed by atoms with van der Waals surface area (Å²) < 4.78 is 46.8. The maximum absolute atomic E-state index is 12.5. The molecule has 10 nitrogen and oxygen atoms in total. The second-order valence-corrected chi connectivity index (χ2v) is 11.4. The molecule has 0 aliphatic carbocycles. The van der Waals surface area contributed by atoms with E-state index >= 15 is 0 Å². The van der Waals surface area contributed by atoms with Crippen molar-refractivity contribution in [2.75, 3.05) is 25.2 Å². The van der Waals surface area contributed by atoms with Gasteiger partial charge in [-0.2, -0.15) is 8.42 Å². The summed E-state index contributed by atoms with van der Waals surface area (Å²) in [4.78, 5) is 22.3. The van der Waals surface area contributed by atoms with Crippen molar-refractivity contribution in [1.29, 1.82) is 0 Å². The van der Waals surface area contributed by atoms with Crippen molar-refractivity contribution in [2.45, 2.75) is 51.4 Å². The summed E-state index contributed by atoms with van der Waals surface area (Å²) in [7, 11) is -2.36. The number of aromatic nitrogens is 2. The number of aryl methyl sites for hydroxylation is 1. The van der Waals surface area contributed by atoms with Crippen LogP contribution in [0.2, 0.25) is 0 Å². The number of hydrogen-bond donors (Lipinski definition) is 0. The third kappa shape index (κ3) is 9.44. The first-order valence-electron chi connectivity index (χ1n) is 12.7. The van der Waals surface area contributed by atoms with E-state index in [-0.39, 0.29) is 17.4 Å². The van der Waals surface area contributed by atoms with E-state index in [0.717, 1.165) is 16.7 Å². The molecule has 40 heavy (non-hydrogen) atoms. The van der Waals surface area contributed by atoms with Gasteiger partial charge in [0.25, 0.3) is 10.1 Å². The van der Waals surface area contributed by atoms with Crippen molar-refractivity contribution in [3.8, 4) is 5.88 Å². The first-order chi connectivity index (χ1) is 18.9. The number of carbonyl (C=O) groups excluding carboxylic acids is 1. The Morgan fingerprint density at radius 2 is 1.70 bits per heavy atom. The molecule has 0 saturated heterocycles. The molecule has 0 spiro atoms. The summed E-state index contributed by atoms with van der Waals surface area (Å²) in [5.74, 6) is 0.720. The minimum absolute atomic E-state index is 0.0666. The minimum atomic E-state index is -3.97. The highest BCUT2D eigenvalue weighted by molar-refractivity contribution is 7.86. The molecule has 0 radical (unpaired) electrons. The maximum atomic E-state index is 12.5. The first kappa shape index (κ1) is 30.7. The molecular weight excluding hydrogens is 534 g/mol. The predicted molar refractivity (Wildman–Crippen MR) is 152 cm³/mol. The third-order valence-corrected chi connectivity index (χ3v) is 6.53. The summed E-state index contributed by atoms with van der Waals surface area (Å²) in [6, 6.07) is 13.5. The Hall–Kier alpha value is -3.80. The number of amides is 1. The molecule has 1 atom stereocenters. The first-order valence-corrected chi connectivity index (χ1v) is 14.1. The highest BCUT2D eigenvalue weighted by Crippen LogP contribution is 2.18. The molecule has 0 fully saturated rings. The zero-order valence-corrected chi connectivity index (χ0v) is 24.3. The highest BCUT2D eigenvalue weighted by atomic mass is 32.2. The topological polar surface area (TPSA) is 117 Å². The quantitative estimate of drug-likeness (QED) is 0.219. The minimum Gasteiger partial charge on any atom is -0.445 e. The van der Waals surface area contributed by atoms with Gasteiger partial charge >= 0.3 is 6.09 Å².